The highest BCUT2D eigenvalue weighted by Crippen LogP contribution is 2.39. The Hall–Kier alpha value is -0.680. The first kappa shape index (κ1) is 13.7. The van der Waals surface area contributed by atoms with Crippen molar-refractivity contribution in [3.05, 3.63) is 0 Å². The second-order valence-electron chi connectivity index (χ2n) is 5.37. The summed E-state index contributed by atoms with van der Waals surface area (Å²) in [5.74, 6) is 0.0347. The molecule has 2 rings (SSSR count). The third-order valence-electron chi connectivity index (χ3n) is 4.20. The minimum absolute atomic E-state index is 0.0347. The fourth-order valence-corrected chi connectivity index (χ4v) is 3.24. The second-order valence-corrected chi connectivity index (χ2v) is 5.81. The van der Waals surface area contributed by atoms with Gasteiger partial charge in [0.05, 0.1) is 16.5 Å². The second kappa shape index (κ2) is 5.53. The number of rotatable bonds is 5. The standard InChI is InChI=1S/C13H22N2O2S/c1-2-17-10-7-9(8-10)15-12(16)13(11(14)18)5-3-4-6-13/h9-10H,2-8H2,1H3,(H2,14,18)(H,15,16). The van der Waals surface area contributed by atoms with Gasteiger partial charge in [-0.2, -0.15) is 0 Å². The van der Waals surface area contributed by atoms with Crippen LogP contribution in [0.3, 0.4) is 0 Å². The Kier molecular flexibility index (Phi) is 4.22. The average Bonchev–Trinajstić information content (AvgIpc) is 2.76. The Balaban J connectivity index is 1.86. The van der Waals surface area contributed by atoms with E-state index in [2.05, 4.69) is 5.32 Å². The topological polar surface area (TPSA) is 64.3 Å². The molecule has 0 aromatic rings. The molecule has 2 aliphatic carbocycles. The molecular formula is C13H22N2O2S. The molecule has 2 aliphatic rings. The van der Waals surface area contributed by atoms with Crippen LogP contribution in [0, 0.1) is 5.41 Å². The summed E-state index contributed by atoms with van der Waals surface area (Å²) in [4.78, 5) is 12.7. The number of nitrogens with two attached hydrogens (primary N) is 1. The quantitative estimate of drug-likeness (QED) is 0.743. The van der Waals surface area contributed by atoms with Crippen LogP contribution in [0.15, 0.2) is 0 Å². The molecule has 0 aliphatic heterocycles. The first-order chi connectivity index (χ1) is 8.58. The summed E-state index contributed by atoms with van der Waals surface area (Å²) in [6.45, 7) is 2.73. The molecule has 2 saturated carbocycles. The number of carbonyl (C=O) groups is 1. The van der Waals surface area contributed by atoms with Gasteiger partial charge >= 0.3 is 0 Å². The van der Waals surface area contributed by atoms with Gasteiger partial charge in [-0.25, -0.2) is 0 Å². The third kappa shape index (κ3) is 2.52. The van der Waals surface area contributed by atoms with Crippen LogP contribution in [0.25, 0.3) is 0 Å². The van der Waals surface area contributed by atoms with Gasteiger partial charge in [-0.1, -0.05) is 25.1 Å². The summed E-state index contributed by atoms with van der Waals surface area (Å²) in [7, 11) is 0. The average molecular weight is 270 g/mol. The predicted octanol–water partition coefficient (Wildman–Crippen LogP) is 1.52. The molecular weight excluding hydrogens is 248 g/mol. The zero-order chi connectivity index (χ0) is 13.2. The van der Waals surface area contributed by atoms with Gasteiger partial charge in [0.25, 0.3) is 0 Å². The molecule has 0 radical (unpaired) electrons. The molecule has 18 heavy (non-hydrogen) atoms. The van der Waals surface area contributed by atoms with Crippen LogP contribution in [0.2, 0.25) is 0 Å². The van der Waals surface area contributed by atoms with Gasteiger partial charge in [-0.05, 0) is 32.6 Å². The zero-order valence-corrected chi connectivity index (χ0v) is 11.7. The van der Waals surface area contributed by atoms with E-state index in [-0.39, 0.29) is 11.9 Å². The van der Waals surface area contributed by atoms with Gasteiger partial charge in [-0.15, -0.1) is 0 Å². The van der Waals surface area contributed by atoms with E-state index in [9.17, 15) is 4.79 Å². The number of thiocarbonyl (C=S) groups is 1. The van der Waals surface area contributed by atoms with Crippen molar-refractivity contribution in [3.63, 3.8) is 0 Å². The van der Waals surface area contributed by atoms with Crippen LogP contribution < -0.4 is 11.1 Å². The zero-order valence-electron chi connectivity index (χ0n) is 10.9. The lowest BCUT2D eigenvalue weighted by molar-refractivity contribution is -0.130. The van der Waals surface area contributed by atoms with E-state index in [1.54, 1.807) is 0 Å². The smallest absolute Gasteiger partial charge is 0.233 e. The minimum atomic E-state index is -0.577. The van der Waals surface area contributed by atoms with Gasteiger partial charge < -0.3 is 15.8 Å². The molecule has 0 aromatic carbocycles. The minimum Gasteiger partial charge on any atom is -0.392 e. The Morgan fingerprint density at radius 1 is 1.44 bits per heavy atom. The van der Waals surface area contributed by atoms with Crippen molar-refractivity contribution in [3.8, 4) is 0 Å². The fourth-order valence-electron chi connectivity index (χ4n) is 2.94. The molecule has 0 atom stereocenters. The number of hydrogen-bond donors (Lipinski definition) is 2. The third-order valence-corrected chi connectivity index (χ3v) is 4.59. The van der Waals surface area contributed by atoms with E-state index in [0.29, 0.717) is 11.1 Å². The van der Waals surface area contributed by atoms with Crippen molar-refractivity contribution in [2.45, 2.75) is 57.6 Å². The molecule has 4 nitrogen and oxygen atoms in total. The number of amides is 1. The monoisotopic (exact) mass is 270 g/mol. The molecule has 0 saturated heterocycles. The molecule has 5 heteroatoms. The predicted molar refractivity (Wildman–Crippen MR) is 74.3 cm³/mol. The molecule has 0 bridgehead atoms. The van der Waals surface area contributed by atoms with Crippen molar-refractivity contribution in [1.82, 2.24) is 5.32 Å². The number of nitrogens with one attached hydrogen (secondary N) is 1. The Morgan fingerprint density at radius 3 is 2.56 bits per heavy atom. The molecule has 102 valence electrons. The molecule has 2 fully saturated rings. The van der Waals surface area contributed by atoms with Crippen molar-refractivity contribution < 1.29 is 9.53 Å². The van der Waals surface area contributed by atoms with Crippen molar-refractivity contribution in [2.75, 3.05) is 6.61 Å². The van der Waals surface area contributed by atoms with Crippen molar-refractivity contribution in [2.24, 2.45) is 11.1 Å². The van der Waals surface area contributed by atoms with Crippen molar-refractivity contribution >= 4 is 23.1 Å². The molecule has 1 amide bonds. The molecule has 0 heterocycles. The van der Waals surface area contributed by atoms with E-state index in [4.69, 9.17) is 22.7 Å². The highest BCUT2D eigenvalue weighted by atomic mass is 32.1. The highest BCUT2D eigenvalue weighted by molar-refractivity contribution is 7.80. The van der Waals surface area contributed by atoms with E-state index in [1.165, 1.54) is 0 Å². The molecule has 0 aromatic heterocycles. The fraction of sp³-hybridized carbons (Fsp3) is 0.846. The van der Waals surface area contributed by atoms with Crippen LogP contribution in [-0.4, -0.2) is 29.6 Å². The van der Waals surface area contributed by atoms with Crippen LogP contribution in [-0.2, 0) is 9.53 Å². The number of carbonyl (C=O) groups excluding carboxylic acids is 1. The van der Waals surface area contributed by atoms with Crippen molar-refractivity contribution in [1.29, 1.82) is 0 Å². The SMILES string of the molecule is CCOC1CC(NC(=O)C2(C(N)=S)CCCC2)C1. The van der Waals surface area contributed by atoms with E-state index in [0.717, 1.165) is 45.1 Å². The van der Waals surface area contributed by atoms with Gasteiger partial charge in [0.1, 0.15) is 0 Å². The van der Waals surface area contributed by atoms with Gasteiger partial charge in [0.15, 0.2) is 0 Å². The molecule has 0 spiro atoms. The van der Waals surface area contributed by atoms with Crippen LogP contribution in [0.5, 0.6) is 0 Å². The van der Waals surface area contributed by atoms with E-state index < -0.39 is 5.41 Å². The van der Waals surface area contributed by atoms with Gasteiger partial charge in [-0.3, -0.25) is 4.79 Å². The normalized spacial score (nSPS) is 29.6. The largest absolute Gasteiger partial charge is 0.392 e. The maximum Gasteiger partial charge on any atom is 0.233 e. The first-order valence-electron chi connectivity index (χ1n) is 6.81. The molecule has 0 unspecified atom stereocenters. The Labute approximate surface area is 114 Å². The van der Waals surface area contributed by atoms with Crippen LogP contribution in [0.4, 0.5) is 0 Å². The van der Waals surface area contributed by atoms with Crippen LogP contribution in [0.1, 0.15) is 45.4 Å². The summed E-state index contributed by atoms with van der Waals surface area (Å²) in [6, 6.07) is 0.237. The van der Waals surface area contributed by atoms with Gasteiger partial charge in [0, 0.05) is 12.6 Å². The summed E-state index contributed by atoms with van der Waals surface area (Å²) in [6.07, 6.45) is 5.81. The Bertz CT molecular complexity index is 334. The summed E-state index contributed by atoms with van der Waals surface area (Å²) in [5, 5.41) is 3.08. The summed E-state index contributed by atoms with van der Waals surface area (Å²) >= 11 is 5.11. The summed E-state index contributed by atoms with van der Waals surface area (Å²) < 4.78 is 5.49. The lowest BCUT2D eigenvalue weighted by Crippen LogP contribution is -2.54. The number of hydrogen-bond acceptors (Lipinski definition) is 3. The van der Waals surface area contributed by atoms with E-state index in [1.807, 2.05) is 6.92 Å². The first-order valence-corrected chi connectivity index (χ1v) is 7.22. The Morgan fingerprint density at radius 2 is 2.06 bits per heavy atom. The molecule has 3 N–H and O–H groups in total. The number of ether oxygens (including phenoxy) is 1. The van der Waals surface area contributed by atoms with Gasteiger partial charge in [0.2, 0.25) is 5.91 Å². The maximum absolute atomic E-state index is 12.4. The van der Waals surface area contributed by atoms with E-state index >= 15 is 0 Å². The van der Waals surface area contributed by atoms with Crippen LogP contribution >= 0.6 is 12.2 Å². The summed E-state index contributed by atoms with van der Waals surface area (Å²) in [5.41, 5.74) is 5.21. The lowest BCUT2D eigenvalue weighted by Gasteiger charge is -2.38. The lowest BCUT2D eigenvalue weighted by atomic mass is 9.82. The maximum atomic E-state index is 12.4. The highest BCUT2D eigenvalue weighted by Gasteiger charge is 2.45.